The van der Waals surface area contributed by atoms with Gasteiger partial charge in [0.15, 0.2) is 0 Å². The first kappa shape index (κ1) is 12.4. The summed E-state index contributed by atoms with van der Waals surface area (Å²) in [5, 5.41) is 2.76. The lowest BCUT2D eigenvalue weighted by atomic mass is 10.3. The van der Waals surface area contributed by atoms with Crippen LogP contribution in [0.3, 0.4) is 0 Å². The largest absolute Gasteiger partial charge is 0.380 e. The van der Waals surface area contributed by atoms with Crippen LogP contribution < -0.4 is 5.32 Å². The number of nitrogens with one attached hydrogen (secondary N) is 1. The van der Waals surface area contributed by atoms with Gasteiger partial charge in [0, 0.05) is 19.6 Å². The smallest absolute Gasteiger partial charge is 0.219 e. The van der Waals surface area contributed by atoms with E-state index in [2.05, 4.69) is 12.2 Å². The first-order chi connectivity index (χ1) is 6.31. The fourth-order valence-corrected chi connectivity index (χ4v) is 0.944. The third kappa shape index (κ3) is 9.34. The molecule has 0 spiro atoms. The third-order valence-electron chi connectivity index (χ3n) is 1.78. The molecule has 1 amide bonds. The third-order valence-corrected chi connectivity index (χ3v) is 1.78. The molecule has 0 saturated carbocycles. The predicted octanol–water partition coefficient (Wildman–Crippen LogP) is 1.72. The quantitative estimate of drug-likeness (QED) is 0.588. The summed E-state index contributed by atoms with van der Waals surface area (Å²) in [6.45, 7) is 6.10. The van der Waals surface area contributed by atoms with Crippen molar-refractivity contribution in [2.75, 3.05) is 19.8 Å². The molecule has 0 bridgehead atoms. The van der Waals surface area contributed by atoms with Crippen molar-refractivity contribution >= 4 is 5.91 Å². The summed E-state index contributed by atoms with van der Waals surface area (Å²) < 4.78 is 5.32. The van der Waals surface area contributed by atoms with E-state index in [1.54, 1.807) is 0 Å². The maximum atomic E-state index is 10.8. The fraction of sp³-hybridized carbons (Fsp3) is 0.900. The van der Waals surface area contributed by atoms with Gasteiger partial charge in [-0.1, -0.05) is 26.7 Å². The van der Waals surface area contributed by atoms with E-state index in [0.29, 0.717) is 19.6 Å². The molecule has 0 radical (unpaired) electrons. The number of carbonyl (C=O) groups excluding carboxylic acids is 1. The van der Waals surface area contributed by atoms with Crippen molar-refractivity contribution < 1.29 is 9.53 Å². The van der Waals surface area contributed by atoms with Gasteiger partial charge in [-0.25, -0.2) is 0 Å². The molecule has 0 fully saturated rings. The van der Waals surface area contributed by atoms with Crippen molar-refractivity contribution in [3.05, 3.63) is 0 Å². The topological polar surface area (TPSA) is 38.3 Å². The monoisotopic (exact) mass is 187 g/mol. The van der Waals surface area contributed by atoms with Gasteiger partial charge in [0.05, 0.1) is 6.61 Å². The van der Waals surface area contributed by atoms with Crippen LogP contribution in [0, 0.1) is 0 Å². The van der Waals surface area contributed by atoms with Gasteiger partial charge < -0.3 is 10.1 Å². The van der Waals surface area contributed by atoms with Crippen LogP contribution in [0.2, 0.25) is 0 Å². The van der Waals surface area contributed by atoms with Gasteiger partial charge in [0.1, 0.15) is 0 Å². The summed E-state index contributed by atoms with van der Waals surface area (Å²) in [4.78, 5) is 10.8. The lowest BCUT2D eigenvalue weighted by molar-refractivity contribution is -0.121. The van der Waals surface area contributed by atoms with E-state index in [4.69, 9.17) is 4.74 Å². The highest BCUT2D eigenvalue weighted by Gasteiger charge is 1.94. The van der Waals surface area contributed by atoms with Crippen molar-refractivity contribution in [3.63, 3.8) is 0 Å². The van der Waals surface area contributed by atoms with Gasteiger partial charge in [-0.2, -0.15) is 0 Å². The first-order valence-corrected chi connectivity index (χ1v) is 5.15. The maximum Gasteiger partial charge on any atom is 0.219 e. The molecule has 0 heterocycles. The second kappa shape index (κ2) is 9.52. The fourth-order valence-electron chi connectivity index (χ4n) is 0.944. The minimum absolute atomic E-state index is 0.0946. The number of rotatable bonds is 8. The molecule has 3 heteroatoms. The first-order valence-electron chi connectivity index (χ1n) is 5.15. The Labute approximate surface area is 80.8 Å². The number of hydrogen-bond acceptors (Lipinski definition) is 2. The summed E-state index contributed by atoms with van der Waals surface area (Å²) in [5.74, 6) is 0.0946. The van der Waals surface area contributed by atoms with Crippen LogP contribution in [0.5, 0.6) is 0 Å². The number of carbonyl (C=O) groups is 1. The van der Waals surface area contributed by atoms with Gasteiger partial charge in [-0.3, -0.25) is 4.79 Å². The Kier molecular flexibility index (Phi) is 9.10. The summed E-state index contributed by atoms with van der Waals surface area (Å²) in [6, 6.07) is 0. The molecule has 0 aromatic heterocycles. The van der Waals surface area contributed by atoms with Crippen molar-refractivity contribution in [2.24, 2.45) is 0 Å². The molecule has 0 unspecified atom stereocenters. The molecule has 0 atom stereocenters. The Balaban J connectivity index is 2.95. The highest BCUT2D eigenvalue weighted by Crippen LogP contribution is 1.93. The molecule has 3 nitrogen and oxygen atoms in total. The van der Waals surface area contributed by atoms with Crippen molar-refractivity contribution in [3.8, 4) is 0 Å². The summed E-state index contributed by atoms with van der Waals surface area (Å²) in [5.41, 5.74) is 0. The Hall–Kier alpha value is -0.570. The SMILES string of the molecule is CCCCCOCCNC(=O)CC. The molecule has 0 aliphatic heterocycles. The molecule has 1 N–H and O–H groups in total. The Bertz CT molecular complexity index is 126. The molecule has 78 valence electrons. The normalized spacial score (nSPS) is 10.0. The second-order valence-electron chi connectivity index (χ2n) is 3.02. The number of amides is 1. The van der Waals surface area contributed by atoms with Gasteiger partial charge in [0.2, 0.25) is 5.91 Å². The molecule has 0 aromatic rings. The number of hydrogen-bond donors (Lipinski definition) is 1. The van der Waals surface area contributed by atoms with Crippen LogP contribution in [0.4, 0.5) is 0 Å². The van der Waals surface area contributed by atoms with E-state index in [1.807, 2.05) is 6.92 Å². The highest BCUT2D eigenvalue weighted by molar-refractivity contribution is 5.75. The average Bonchev–Trinajstić information content (AvgIpc) is 2.16. The van der Waals surface area contributed by atoms with Crippen molar-refractivity contribution in [1.29, 1.82) is 0 Å². The highest BCUT2D eigenvalue weighted by atomic mass is 16.5. The Morgan fingerprint density at radius 3 is 2.62 bits per heavy atom. The van der Waals surface area contributed by atoms with Crippen LogP contribution in [-0.2, 0) is 9.53 Å². The van der Waals surface area contributed by atoms with E-state index >= 15 is 0 Å². The van der Waals surface area contributed by atoms with Gasteiger partial charge in [0.25, 0.3) is 0 Å². The van der Waals surface area contributed by atoms with E-state index in [-0.39, 0.29) is 5.91 Å². The Morgan fingerprint density at radius 1 is 1.23 bits per heavy atom. The Morgan fingerprint density at radius 2 is 2.00 bits per heavy atom. The minimum atomic E-state index is 0.0946. The molecule has 0 aliphatic rings. The maximum absolute atomic E-state index is 10.8. The zero-order valence-corrected chi connectivity index (χ0v) is 8.77. The summed E-state index contributed by atoms with van der Waals surface area (Å²) >= 11 is 0. The van der Waals surface area contributed by atoms with E-state index in [1.165, 1.54) is 12.8 Å². The number of ether oxygens (including phenoxy) is 1. The average molecular weight is 187 g/mol. The molecular weight excluding hydrogens is 166 g/mol. The molecule has 13 heavy (non-hydrogen) atoms. The van der Waals surface area contributed by atoms with E-state index in [0.717, 1.165) is 13.0 Å². The molecule has 0 rings (SSSR count). The zero-order valence-electron chi connectivity index (χ0n) is 8.77. The van der Waals surface area contributed by atoms with Crippen molar-refractivity contribution in [1.82, 2.24) is 5.32 Å². The van der Waals surface area contributed by atoms with Gasteiger partial charge in [-0.05, 0) is 6.42 Å². The molecule has 0 saturated heterocycles. The van der Waals surface area contributed by atoms with E-state index < -0.39 is 0 Å². The minimum Gasteiger partial charge on any atom is -0.380 e. The molecular formula is C10H21NO2. The molecule has 0 aliphatic carbocycles. The van der Waals surface area contributed by atoms with Crippen LogP contribution >= 0.6 is 0 Å². The predicted molar refractivity (Wildman–Crippen MR) is 53.6 cm³/mol. The van der Waals surface area contributed by atoms with Gasteiger partial charge >= 0.3 is 0 Å². The zero-order chi connectivity index (χ0) is 9.94. The van der Waals surface area contributed by atoms with Crippen LogP contribution in [0.25, 0.3) is 0 Å². The van der Waals surface area contributed by atoms with Gasteiger partial charge in [-0.15, -0.1) is 0 Å². The summed E-state index contributed by atoms with van der Waals surface area (Å²) in [6.07, 6.45) is 4.12. The lowest BCUT2D eigenvalue weighted by Gasteiger charge is -2.04. The van der Waals surface area contributed by atoms with Crippen LogP contribution in [0.15, 0.2) is 0 Å². The van der Waals surface area contributed by atoms with Crippen LogP contribution in [0.1, 0.15) is 39.5 Å². The van der Waals surface area contributed by atoms with Crippen molar-refractivity contribution in [2.45, 2.75) is 39.5 Å². The lowest BCUT2D eigenvalue weighted by Crippen LogP contribution is -2.26. The van der Waals surface area contributed by atoms with E-state index in [9.17, 15) is 4.79 Å². The number of unbranched alkanes of at least 4 members (excludes halogenated alkanes) is 2. The standard InChI is InChI=1S/C10H21NO2/c1-3-5-6-8-13-9-7-11-10(12)4-2/h3-9H2,1-2H3,(H,11,12). The second-order valence-corrected chi connectivity index (χ2v) is 3.02. The summed E-state index contributed by atoms with van der Waals surface area (Å²) in [7, 11) is 0. The molecule has 0 aromatic carbocycles. The van der Waals surface area contributed by atoms with Crippen LogP contribution in [-0.4, -0.2) is 25.7 Å².